The van der Waals surface area contributed by atoms with Crippen LogP contribution in [0.15, 0.2) is 48.5 Å². The van der Waals surface area contributed by atoms with E-state index in [1.165, 1.54) is 11.1 Å². The van der Waals surface area contributed by atoms with Crippen LogP contribution in [0.4, 0.5) is 5.69 Å². The van der Waals surface area contributed by atoms with E-state index >= 15 is 0 Å². The van der Waals surface area contributed by atoms with Crippen LogP contribution in [0.3, 0.4) is 0 Å². The zero-order chi connectivity index (χ0) is 21.0. The zero-order valence-corrected chi connectivity index (χ0v) is 20.2. The minimum Gasteiger partial charge on any atom is -0.493 e. The minimum absolute atomic E-state index is 0.336. The number of ether oxygens (including phenoxy) is 2. The van der Waals surface area contributed by atoms with Crippen molar-refractivity contribution in [3.63, 3.8) is 0 Å². The topological polar surface area (TPSA) is 30.5 Å². The largest absolute Gasteiger partial charge is 0.493 e. The van der Waals surface area contributed by atoms with Gasteiger partial charge in [0.05, 0.1) is 10.7 Å². The van der Waals surface area contributed by atoms with Crippen molar-refractivity contribution in [1.82, 2.24) is 0 Å². The molecule has 0 amide bonds. The normalized spacial score (nSPS) is 10.7. The van der Waals surface area contributed by atoms with Crippen molar-refractivity contribution in [3.05, 3.63) is 84.4 Å². The Morgan fingerprint density at radius 3 is 2.52 bits per heavy atom. The molecule has 0 aromatic heterocycles. The third kappa shape index (κ3) is 5.71. The molecule has 0 aliphatic heterocycles. The third-order valence-corrected chi connectivity index (χ3v) is 5.94. The van der Waals surface area contributed by atoms with Crippen molar-refractivity contribution in [3.8, 4) is 11.5 Å². The van der Waals surface area contributed by atoms with Gasteiger partial charge >= 0.3 is 0 Å². The first kappa shape index (κ1) is 22.1. The Labute approximate surface area is 195 Å². The summed E-state index contributed by atoms with van der Waals surface area (Å²) in [4.78, 5) is 0. The van der Waals surface area contributed by atoms with Crippen molar-refractivity contribution in [2.45, 2.75) is 27.0 Å². The Hall–Kier alpha value is -1.63. The predicted octanol–water partition coefficient (Wildman–Crippen LogP) is 7.41. The highest BCUT2D eigenvalue weighted by Crippen LogP contribution is 2.35. The Bertz CT molecular complexity index is 1020. The van der Waals surface area contributed by atoms with Gasteiger partial charge in [0.25, 0.3) is 0 Å². The molecule has 0 saturated heterocycles. The summed E-state index contributed by atoms with van der Waals surface area (Å²) in [5.74, 6) is 1.40. The smallest absolute Gasteiger partial charge is 0.174 e. The molecule has 0 atom stereocenters. The summed E-state index contributed by atoms with van der Waals surface area (Å²) in [6.07, 6.45) is 0. The van der Waals surface area contributed by atoms with Crippen LogP contribution in [0, 0.1) is 17.4 Å². The molecular weight excluding hydrogens is 520 g/mol. The van der Waals surface area contributed by atoms with Crippen LogP contribution in [-0.2, 0) is 13.2 Å². The van der Waals surface area contributed by atoms with E-state index in [0.29, 0.717) is 34.7 Å². The van der Waals surface area contributed by atoms with Gasteiger partial charge in [-0.15, -0.1) is 0 Å². The van der Waals surface area contributed by atoms with Crippen molar-refractivity contribution in [2.75, 3.05) is 12.4 Å². The molecule has 0 spiro atoms. The van der Waals surface area contributed by atoms with Crippen LogP contribution >= 0.6 is 45.8 Å². The van der Waals surface area contributed by atoms with Gasteiger partial charge in [-0.1, -0.05) is 41.4 Å². The second-order valence-electron chi connectivity index (χ2n) is 6.81. The number of benzene rings is 3. The molecule has 0 aliphatic rings. The minimum atomic E-state index is 0.336. The standard InChI is InChI=1S/C23H22Cl2INO2/c1-14-4-5-15(2)21(8-14)27-12-16-9-20(26)23(22(10-16)28-3)29-13-17-6-7-18(24)11-19(17)25/h4-11,27H,12-13H2,1-3H3. The first-order valence-electron chi connectivity index (χ1n) is 9.11. The molecule has 0 heterocycles. The average molecular weight is 542 g/mol. The lowest BCUT2D eigenvalue weighted by Crippen LogP contribution is -2.04. The molecule has 0 radical (unpaired) electrons. The molecule has 3 rings (SSSR count). The van der Waals surface area contributed by atoms with Crippen LogP contribution in [0.25, 0.3) is 0 Å². The first-order valence-corrected chi connectivity index (χ1v) is 10.9. The Morgan fingerprint density at radius 1 is 1.00 bits per heavy atom. The summed E-state index contributed by atoms with van der Waals surface area (Å²) in [7, 11) is 1.65. The van der Waals surface area contributed by atoms with E-state index in [1.54, 1.807) is 19.2 Å². The number of methoxy groups -OCH3 is 1. The lowest BCUT2D eigenvalue weighted by Gasteiger charge is -2.16. The van der Waals surface area contributed by atoms with E-state index in [1.807, 2.05) is 12.1 Å². The van der Waals surface area contributed by atoms with E-state index in [4.69, 9.17) is 32.7 Å². The second kappa shape index (κ2) is 9.92. The molecule has 0 saturated carbocycles. The maximum Gasteiger partial charge on any atom is 0.174 e. The Balaban J connectivity index is 1.75. The number of aryl methyl sites for hydroxylation is 2. The summed E-state index contributed by atoms with van der Waals surface area (Å²) in [5, 5.41) is 4.70. The summed E-state index contributed by atoms with van der Waals surface area (Å²) in [6, 6.07) is 15.9. The summed E-state index contributed by atoms with van der Waals surface area (Å²) >= 11 is 14.5. The van der Waals surface area contributed by atoms with Crippen molar-refractivity contribution in [1.29, 1.82) is 0 Å². The molecule has 0 bridgehead atoms. The van der Waals surface area contributed by atoms with Gasteiger partial charge in [0.15, 0.2) is 11.5 Å². The molecule has 3 aromatic rings. The van der Waals surface area contributed by atoms with Gasteiger partial charge in [0, 0.05) is 27.8 Å². The van der Waals surface area contributed by atoms with Crippen LogP contribution in [0.2, 0.25) is 10.0 Å². The van der Waals surface area contributed by atoms with Gasteiger partial charge in [-0.25, -0.2) is 0 Å². The number of nitrogens with one attached hydrogen (secondary N) is 1. The number of hydrogen-bond acceptors (Lipinski definition) is 3. The third-order valence-electron chi connectivity index (χ3n) is 4.55. The van der Waals surface area contributed by atoms with Crippen LogP contribution in [0.1, 0.15) is 22.3 Å². The fraction of sp³-hybridized carbons (Fsp3) is 0.217. The van der Waals surface area contributed by atoms with Crippen molar-refractivity contribution >= 4 is 51.5 Å². The Kier molecular flexibility index (Phi) is 7.55. The number of anilines is 1. The van der Waals surface area contributed by atoms with Gasteiger partial charge in [-0.3, -0.25) is 0 Å². The molecule has 1 N–H and O–H groups in total. The van der Waals surface area contributed by atoms with Gasteiger partial charge in [0.2, 0.25) is 0 Å². The molecule has 0 aliphatic carbocycles. The lowest BCUT2D eigenvalue weighted by molar-refractivity contribution is 0.282. The molecular formula is C23H22Cl2INO2. The highest BCUT2D eigenvalue weighted by Gasteiger charge is 2.13. The SMILES string of the molecule is COc1cc(CNc2cc(C)ccc2C)cc(I)c1OCc1ccc(Cl)cc1Cl. The maximum atomic E-state index is 6.25. The van der Waals surface area contributed by atoms with Gasteiger partial charge in [-0.05, 0) is 83.5 Å². The molecule has 3 nitrogen and oxygen atoms in total. The predicted molar refractivity (Wildman–Crippen MR) is 130 cm³/mol. The molecule has 3 aromatic carbocycles. The Morgan fingerprint density at radius 2 is 1.79 bits per heavy atom. The van der Waals surface area contributed by atoms with Crippen LogP contribution < -0.4 is 14.8 Å². The van der Waals surface area contributed by atoms with Gasteiger partial charge in [-0.2, -0.15) is 0 Å². The summed E-state index contributed by atoms with van der Waals surface area (Å²) in [6.45, 7) is 5.23. The molecule has 6 heteroatoms. The number of hydrogen-bond donors (Lipinski definition) is 1. The highest BCUT2D eigenvalue weighted by atomic mass is 127. The van der Waals surface area contributed by atoms with Crippen LogP contribution in [-0.4, -0.2) is 7.11 Å². The molecule has 0 unspecified atom stereocenters. The van der Waals surface area contributed by atoms with Gasteiger partial charge < -0.3 is 14.8 Å². The first-order chi connectivity index (χ1) is 13.9. The monoisotopic (exact) mass is 541 g/mol. The van der Waals surface area contributed by atoms with E-state index in [9.17, 15) is 0 Å². The summed E-state index contributed by atoms with van der Waals surface area (Å²) in [5.41, 5.74) is 5.57. The van der Waals surface area contributed by atoms with E-state index in [-0.39, 0.29) is 0 Å². The van der Waals surface area contributed by atoms with Gasteiger partial charge in [0.1, 0.15) is 6.61 Å². The zero-order valence-electron chi connectivity index (χ0n) is 16.5. The van der Waals surface area contributed by atoms with E-state index < -0.39 is 0 Å². The molecule has 29 heavy (non-hydrogen) atoms. The van der Waals surface area contributed by atoms with E-state index in [2.05, 4.69) is 66.0 Å². The van der Waals surface area contributed by atoms with Crippen molar-refractivity contribution in [2.24, 2.45) is 0 Å². The van der Waals surface area contributed by atoms with Crippen LogP contribution in [0.5, 0.6) is 11.5 Å². The fourth-order valence-corrected chi connectivity index (χ4v) is 4.21. The summed E-state index contributed by atoms with van der Waals surface area (Å²) < 4.78 is 12.6. The maximum absolute atomic E-state index is 6.25. The molecule has 0 fully saturated rings. The quantitative estimate of drug-likeness (QED) is 0.316. The number of rotatable bonds is 7. The van der Waals surface area contributed by atoms with Crippen molar-refractivity contribution < 1.29 is 9.47 Å². The average Bonchev–Trinajstić information content (AvgIpc) is 2.68. The molecule has 152 valence electrons. The second-order valence-corrected chi connectivity index (χ2v) is 8.81. The lowest BCUT2D eigenvalue weighted by atomic mass is 10.1. The van der Waals surface area contributed by atoms with E-state index in [0.717, 1.165) is 20.4 Å². The number of halogens is 3. The highest BCUT2D eigenvalue weighted by molar-refractivity contribution is 14.1. The fourth-order valence-electron chi connectivity index (χ4n) is 2.93.